The van der Waals surface area contributed by atoms with E-state index >= 15 is 0 Å². The molecule has 0 aromatic carbocycles. The van der Waals surface area contributed by atoms with Crippen LogP contribution >= 0.6 is 0 Å². The van der Waals surface area contributed by atoms with Gasteiger partial charge in [0.1, 0.15) is 0 Å². The van der Waals surface area contributed by atoms with E-state index in [2.05, 4.69) is 0 Å². The number of carboxylic acid groups (broad SMARTS) is 5. The normalized spacial score (nSPS) is 5.52. The van der Waals surface area contributed by atoms with Crippen molar-refractivity contribution >= 4 is 29.8 Å². The Hall–Kier alpha value is 2.99. The summed E-state index contributed by atoms with van der Waals surface area (Å²) in [5.41, 5.74) is 0. The summed E-state index contributed by atoms with van der Waals surface area (Å²) in [6.07, 6.45) is 0.222. The third-order valence-electron chi connectivity index (χ3n) is 0.577. The maximum atomic E-state index is 9.26. The molecule has 0 aliphatic carbocycles. The van der Waals surface area contributed by atoms with Crippen molar-refractivity contribution in [3.63, 3.8) is 0 Å². The monoisotopic (exact) mass is 454 g/mol. The summed E-state index contributed by atoms with van der Waals surface area (Å²) >= 11 is 0. The Labute approximate surface area is 290 Å². The first-order chi connectivity index (χ1) is 9.74. The van der Waals surface area contributed by atoms with E-state index in [1.807, 2.05) is 0 Å². The van der Waals surface area contributed by atoms with Gasteiger partial charge in [0.05, 0.1) is 0 Å². The third kappa shape index (κ3) is 432. The van der Waals surface area contributed by atoms with Gasteiger partial charge in [0, 0.05) is 29.8 Å². The van der Waals surface area contributed by atoms with E-state index in [9.17, 15) is 19.8 Å². The minimum absolute atomic E-state index is 0. The van der Waals surface area contributed by atoms with E-state index in [1.165, 1.54) is 13.8 Å². The maximum absolute atomic E-state index is 9.26. The van der Waals surface area contributed by atoms with Gasteiger partial charge in [-0.15, -0.1) is 0 Å². The first kappa shape index (κ1) is 63.1. The minimum Gasteiger partial charge on any atom is -0.550 e. The van der Waals surface area contributed by atoms with Gasteiger partial charge in [-0.3, -0.25) is 0 Å². The second-order valence-electron chi connectivity index (χ2n) is 2.93. The molecule has 15 heteroatoms. The predicted octanol–water partition coefficient (Wildman–Crippen LogP) is -20.4. The topological polar surface area (TPSA) is 201 Å². The van der Waals surface area contributed by atoms with Gasteiger partial charge in [0.2, 0.25) is 0 Å². The van der Waals surface area contributed by atoms with E-state index in [4.69, 9.17) is 29.7 Å². The van der Waals surface area contributed by atoms with E-state index in [0.29, 0.717) is 0 Å². The van der Waals surface area contributed by atoms with E-state index in [1.54, 1.807) is 0 Å². The molecule has 0 bridgehead atoms. The van der Waals surface area contributed by atoms with Crippen molar-refractivity contribution in [3.05, 3.63) is 0 Å². The number of hydrogen-bond acceptors (Lipinski definition) is 10. The van der Waals surface area contributed by atoms with E-state index < -0.39 is 29.8 Å². The summed E-state index contributed by atoms with van der Waals surface area (Å²) in [6.45, 7) is 5.99. The molecule has 0 spiro atoms. The third-order valence-corrected chi connectivity index (χ3v) is 0.577. The van der Waals surface area contributed by atoms with Crippen LogP contribution in [-0.4, -0.2) is 29.8 Å². The van der Waals surface area contributed by atoms with Crippen LogP contribution < -0.4 is 195 Å². The molecule has 0 aliphatic heterocycles. The van der Waals surface area contributed by atoms with Crippen molar-refractivity contribution in [1.82, 2.24) is 0 Å². The zero-order valence-electron chi connectivity index (χ0n) is 18.0. The maximum Gasteiger partial charge on any atom is 1.00 e. The fraction of sp³-hybridized carbons (Fsp3) is 0.583. The van der Waals surface area contributed by atoms with Gasteiger partial charge in [-0.2, -0.15) is 0 Å². The molecule has 132 valence electrons. The first-order valence-electron chi connectivity index (χ1n) is 5.66. The van der Waals surface area contributed by atoms with Gasteiger partial charge in [0.25, 0.3) is 0 Å². The van der Waals surface area contributed by atoms with Gasteiger partial charge >= 0.3 is 170 Å². The molecule has 10 nitrogen and oxygen atoms in total. The van der Waals surface area contributed by atoms with E-state index in [-0.39, 0.29) is 182 Å². The Kier molecular flexibility index (Phi) is 133. The fourth-order valence-electron chi connectivity index (χ4n) is 0. The Morgan fingerprint density at radius 1 is 0.519 bits per heavy atom. The summed E-state index contributed by atoms with van der Waals surface area (Å²) < 4.78 is 0. The van der Waals surface area contributed by atoms with Crippen molar-refractivity contribution < 1.29 is 219 Å². The predicted molar refractivity (Wildman–Crippen MR) is 62.6 cm³/mol. The number of carbonyl (C=O) groups excluding carboxylic acids is 5. The molecule has 0 radical (unpaired) electrons. The van der Waals surface area contributed by atoms with Crippen LogP contribution in [0.5, 0.6) is 0 Å². The van der Waals surface area contributed by atoms with Crippen LogP contribution in [-0.2, 0) is 24.0 Å². The smallest absolute Gasteiger partial charge is 0.550 e. The molecular weight excluding hydrogens is 435 g/mol. The van der Waals surface area contributed by atoms with Crippen LogP contribution in [0, 0.1) is 0 Å². The molecule has 0 saturated heterocycles. The standard InChI is InChI=1S/2C3H6O2.3C2H4O2.K.4Na/c2*1-2-3(4)5;3*1-2(3)4;;;;;/h2*2H2,1H3,(H,4,5);3*1H3,(H,3,4);;;;;/q;;;;;5*+1/p-5. The zero-order chi connectivity index (χ0) is 19.3. The first-order valence-corrected chi connectivity index (χ1v) is 5.66. The van der Waals surface area contributed by atoms with Crippen molar-refractivity contribution in [2.75, 3.05) is 0 Å². The molecular formula is C12H19KNa4O10. The van der Waals surface area contributed by atoms with Crippen LogP contribution in [0.25, 0.3) is 0 Å². The molecule has 0 aliphatic rings. The van der Waals surface area contributed by atoms with Crippen LogP contribution in [0.2, 0.25) is 0 Å². The molecule has 0 atom stereocenters. The Morgan fingerprint density at radius 3 is 0.556 bits per heavy atom. The fourth-order valence-corrected chi connectivity index (χ4v) is 0. The SMILES string of the molecule is CC(=O)[O-].CC(=O)[O-].CC(=O)[O-].CCC(=O)[O-].CCC(=O)[O-].[K+].[Na+].[Na+].[Na+].[Na+]. The molecule has 0 N–H and O–H groups in total. The molecule has 0 heterocycles. The summed E-state index contributed by atoms with van der Waals surface area (Å²) in [5.74, 6) is -5.24. The van der Waals surface area contributed by atoms with E-state index in [0.717, 1.165) is 20.8 Å². The van der Waals surface area contributed by atoms with Gasteiger partial charge in [-0.25, -0.2) is 0 Å². The quantitative estimate of drug-likeness (QED) is 0.361. The number of hydrogen-bond donors (Lipinski definition) is 0. The number of carbonyl (C=O) groups is 5. The number of aliphatic carboxylic acids is 5. The summed E-state index contributed by atoms with van der Waals surface area (Å²) in [5, 5.41) is 45.2. The van der Waals surface area contributed by atoms with Crippen LogP contribution in [0.4, 0.5) is 0 Å². The van der Waals surface area contributed by atoms with Gasteiger partial charge in [-0.1, -0.05) is 13.8 Å². The zero-order valence-corrected chi connectivity index (χ0v) is 29.1. The van der Waals surface area contributed by atoms with Gasteiger partial charge in [0.15, 0.2) is 0 Å². The van der Waals surface area contributed by atoms with Crippen molar-refractivity contribution in [1.29, 1.82) is 0 Å². The van der Waals surface area contributed by atoms with Gasteiger partial charge < -0.3 is 49.5 Å². The van der Waals surface area contributed by atoms with Crippen molar-refractivity contribution in [3.8, 4) is 0 Å². The average molecular weight is 454 g/mol. The van der Waals surface area contributed by atoms with Crippen LogP contribution in [0.3, 0.4) is 0 Å². The molecule has 0 aromatic rings. The summed E-state index contributed by atoms with van der Waals surface area (Å²) in [4.78, 5) is 45.2. The van der Waals surface area contributed by atoms with Gasteiger partial charge in [-0.05, 0) is 33.6 Å². The second-order valence-corrected chi connectivity index (χ2v) is 2.93. The summed E-state index contributed by atoms with van der Waals surface area (Å²) in [6, 6.07) is 0. The molecule has 0 saturated carbocycles. The summed E-state index contributed by atoms with van der Waals surface area (Å²) in [7, 11) is 0. The number of carboxylic acids is 5. The Bertz CT molecular complexity index is 290. The van der Waals surface area contributed by atoms with Crippen LogP contribution in [0.15, 0.2) is 0 Å². The number of rotatable bonds is 2. The average Bonchev–Trinajstić information content (AvgIpc) is 2.27. The molecule has 27 heavy (non-hydrogen) atoms. The molecule has 0 unspecified atom stereocenters. The Morgan fingerprint density at radius 2 is 0.556 bits per heavy atom. The second kappa shape index (κ2) is 56.8. The minimum atomic E-state index is -1.08. The largest absolute Gasteiger partial charge is 1.00 e. The van der Waals surface area contributed by atoms with Crippen molar-refractivity contribution in [2.45, 2.75) is 47.5 Å². The Balaban J connectivity index is -0.0000000160. The molecule has 0 amide bonds. The van der Waals surface area contributed by atoms with Crippen molar-refractivity contribution in [2.24, 2.45) is 0 Å². The molecule has 0 rings (SSSR count). The van der Waals surface area contributed by atoms with Crippen LogP contribution in [0.1, 0.15) is 47.5 Å². The molecule has 0 aromatic heterocycles. The molecule has 0 fully saturated rings.